The van der Waals surface area contributed by atoms with Crippen LogP contribution in [0.5, 0.6) is 0 Å². The highest BCUT2D eigenvalue weighted by Crippen LogP contribution is 2.26. The van der Waals surface area contributed by atoms with Gasteiger partial charge in [0.1, 0.15) is 0 Å². The molecular weight excluding hydrogens is 384 g/mol. The largest absolute Gasteiger partial charge is 0.379 e. The number of hydrogen-bond donors (Lipinski definition) is 1. The summed E-state index contributed by atoms with van der Waals surface area (Å²) in [5.74, 6) is -0.661. The third-order valence-corrected chi connectivity index (χ3v) is 5.70. The molecule has 1 saturated heterocycles. The maximum absolute atomic E-state index is 12.5. The molecule has 1 aliphatic heterocycles. The molecule has 2 rings (SSSR count). The summed E-state index contributed by atoms with van der Waals surface area (Å²) < 4.78 is 31.8. The molecule has 132 valence electrons. The summed E-state index contributed by atoms with van der Waals surface area (Å²) in [6.45, 7) is 9.34. The zero-order valence-corrected chi connectivity index (χ0v) is 16.4. The van der Waals surface area contributed by atoms with Gasteiger partial charge in [-0.25, -0.2) is 8.42 Å². The van der Waals surface area contributed by atoms with E-state index in [0.717, 1.165) is 0 Å². The van der Waals surface area contributed by atoms with Crippen LogP contribution < -0.4 is 5.73 Å². The lowest BCUT2D eigenvalue weighted by molar-refractivity contribution is 0.0730. The number of hydrogen-bond acceptors (Lipinski definition) is 4. The van der Waals surface area contributed by atoms with E-state index < -0.39 is 15.9 Å². The molecule has 0 aliphatic carbocycles. The first-order chi connectivity index (χ1) is 10.9. The lowest BCUT2D eigenvalue weighted by Gasteiger charge is -2.26. The number of amides is 1. The molecule has 1 amide bonds. The average Bonchev–Trinajstić information content (AvgIpc) is 2.59. The number of nitrogens with zero attached hydrogens (tertiary/aromatic N) is 1. The molecule has 0 bridgehead atoms. The van der Waals surface area contributed by atoms with Gasteiger partial charge in [0, 0.05) is 23.1 Å². The number of carbonyl (C=O) groups is 1. The summed E-state index contributed by atoms with van der Waals surface area (Å²) >= 11 is 3.19. The van der Waals surface area contributed by atoms with Crippen molar-refractivity contribution in [3.63, 3.8) is 0 Å². The van der Waals surface area contributed by atoms with Gasteiger partial charge >= 0.3 is 0 Å². The van der Waals surface area contributed by atoms with E-state index in [1.165, 1.54) is 22.5 Å². The molecule has 1 fully saturated rings. The maximum Gasteiger partial charge on any atom is 0.248 e. The van der Waals surface area contributed by atoms with E-state index >= 15 is 0 Å². The Kier molecular flexibility index (Phi) is 10.3. The molecule has 0 radical (unpaired) electrons. The van der Waals surface area contributed by atoms with Crippen LogP contribution >= 0.6 is 15.9 Å². The average molecular weight is 409 g/mol. The van der Waals surface area contributed by atoms with Crippen molar-refractivity contribution in [2.75, 3.05) is 26.3 Å². The van der Waals surface area contributed by atoms with E-state index in [2.05, 4.69) is 15.9 Å². The summed E-state index contributed by atoms with van der Waals surface area (Å²) in [5.41, 5.74) is 5.33. The number of primary amides is 1. The minimum absolute atomic E-state index is 0.0469. The number of carbonyl (C=O) groups excluding carboxylic acids is 1. The molecule has 1 aromatic rings. The summed E-state index contributed by atoms with van der Waals surface area (Å²) in [5, 5.41) is 0. The minimum atomic E-state index is -3.65. The number of ether oxygens (including phenoxy) is 1. The van der Waals surface area contributed by atoms with Gasteiger partial charge in [-0.05, 0) is 34.1 Å². The summed E-state index contributed by atoms with van der Waals surface area (Å²) in [6.07, 6.45) is 0. The molecule has 1 aliphatic rings. The Morgan fingerprint density at radius 1 is 1.17 bits per heavy atom. The monoisotopic (exact) mass is 408 g/mol. The fourth-order valence-corrected chi connectivity index (χ4v) is 4.14. The van der Waals surface area contributed by atoms with Gasteiger partial charge in [0.2, 0.25) is 15.9 Å². The predicted octanol–water partition coefficient (Wildman–Crippen LogP) is 2.62. The van der Waals surface area contributed by atoms with Gasteiger partial charge in [0.15, 0.2) is 0 Å². The lowest BCUT2D eigenvalue weighted by Crippen LogP contribution is -2.40. The molecule has 2 N–H and O–H groups in total. The number of sulfonamides is 1. The quantitative estimate of drug-likeness (QED) is 0.831. The summed E-state index contributed by atoms with van der Waals surface area (Å²) in [4.78, 5) is 11.2. The molecule has 8 heteroatoms. The highest BCUT2D eigenvalue weighted by Gasteiger charge is 2.28. The van der Waals surface area contributed by atoms with Crippen molar-refractivity contribution in [2.24, 2.45) is 5.73 Å². The third-order valence-electron chi connectivity index (χ3n) is 2.80. The van der Waals surface area contributed by atoms with Gasteiger partial charge < -0.3 is 10.5 Å². The molecule has 0 spiro atoms. The van der Waals surface area contributed by atoms with Crippen molar-refractivity contribution < 1.29 is 17.9 Å². The first-order valence-electron chi connectivity index (χ1n) is 7.60. The molecule has 1 aromatic carbocycles. The fourth-order valence-electron chi connectivity index (χ4n) is 1.78. The number of nitrogens with two attached hydrogens (primary N) is 1. The van der Waals surface area contributed by atoms with E-state index in [9.17, 15) is 13.2 Å². The van der Waals surface area contributed by atoms with E-state index in [1.807, 2.05) is 27.7 Å². The second kappa shape index (κ2) is 10.7. The van der Waals surface area contributed by atoms with Crippen molar-refractivity contribution in [3.8, 4) is 0 Å². The fraction of sp³-hybridized carbons (Fsp3) is 0.533. The summed E-state index contributed by atoms with van der Waals surface area (Å²) in [7, 11) is -3.65. The van der Waals surface area contributed by atoms with Crippen molar-refractivity contribution in [2.45, 2.75) is 32.6 Å². The van der Waals surface area contributed by atoms with Gasteiger partial charge in [0.05, 0.1) is 18.1 Å². The Morgan fingerprint density at radius 2 is 1.70 bits per heavy atom. The predicted molar refractivity (Wildman–Crippen MR) is 94.9 cm³/mol. The van der Waals surface area contributed by atoms with Crippen LogP contribution in [0.1, 0.15) is 38.1 Å². The van der Waals surface area contributed by atoms with Crippen LogP contribution in [0.2, 0.25) is 0 Å². The Bertz CT molecular complexity index is 599. The van der Waals surface area contributed by atoms with Gasteiger partial charge in [-0.15, -0.1) is 0 Å². The van der Waals surface area contributed by atoms with Crippen LogP contribution in [0, 0.1) is 0 Å². The van der Waals surface area contributed by atoms with Gasteiger partial charge in [-0.3, -0.25) is 4.79 Å². The van der Waals surface area contributed by atoms with Gasteiger partial charge in [0.25, 0.3) is 0 Å². The lowest BCUT2D eigenvalue weighted by atomic mass is 10.2. The van der Waals surface area contributed by atoms with Crippen LogP contribution in [-0.2, 0) is 14.8 Å². The molecule has 0 atom stereocenters. The van der Waals surface area contributed by atoms with Crippen molar-refractivity contribution in [3.05, 3.63) is 28.2 Å². The van der Waals surface area contributed by atoms with Crippen molar-refractivity contribution >= 4 is 31.9 Å². The highest BCUT2D eigenvalue weighted by molar-refractivity contribution is 9.10. The summed E-state index contributed by atoms with van der Waals surface area (Å²) in [6, 6.07) is 4.27. The minimum Gasteiger partial charge on any atom is -0.379 e. The Balaban J connectivity index is 0.00000112. The van der Waals surface area contributed by atoms with Crippen LogP contribution in [0.3, 0.4) is 0 Å². The number of rotatable bonds is 3. The molecule has 0 aromatic heterocycles. The topological polar surface area (TPSA) is 89.7 Å². The highest BCUT2D eigenvalue weighted by atomic mass is 79.9. The molecule has 6 nitrogen and oxygen atoms in total. The van der Waals surface area contributed by atoms with Crippen molar-refractivity contribution in [1.82, 2.24) is 4.31 Å². The molecule has 23 heavy (non-hydrogen) atoms. The second-order valence-electron chi connectivity index (χ2n) is 4.03. The second-order valence-corrected chi connectivity index (χ2v) is 6.79. The first-order valence-corrected chi connectivity index (χ1v) is 9.83. The maximum atomic E-state index is 12.5. The number of morpholine rings is 1. The Hall–Kier alpha value is -0.960. The van der Waals surface area contributed by atoms with Gasteiger partial charge in [-0.2, -0.15) is 4.31 Å². The van der Waals surface area contributed by atoms with Crippen LogP contribution in [0.15, 0.2) is 27.6 Å². The Labute approximate surface area is 147 Å². The first kappa shape index (κ1) is 22.0. The standard InChI is InChI=1S/C11H13BrN2O4S.2C2H6/c12-9-2-1-8(11(13)15)7-10(9)19(16,17)14-3-5-18-6-4-14;2*1-2/h1-2,7H,3-6H2,(H2,13,15);2*1-2H3. The zero-order valence-electron chi connectivity index (χ0n) is 14.0. The SMILES string of the molecule is CC.CC.NC(=O)c1ccc(Br)c(S(=O)(=O)N2CCOCC2)c1. The van der Waals surface area contributed by atoms with Crippen LogP contribution in [0.25, 0.3) is 0 Å². The molecular formula is C15H25BrN2O4S. The van der Waals surface area contributed by atoms with E-state index in [1.54, 1.807) is 0 Å². The van der Waals surface area contributed by atoms with E-state index in [4.69, 9.17) is 10.5 Å². The zero-order chi connectivity index (χ0) is 18.0. The van der Waals surface area contributed by atoms with Crippen LogP contribution in [-0.4, -0.2) is 44.9 Å². The smallest absolute Gasteiger partial charge is 0.248 e. The number of halogens is 1. The van der Waals surface area contributed by atoms with Crippen molar-refractivity contribution in [1.29, 1.82) is 0 Å². The van der Waals surface area contributed by atoms with E-state index in [-0.39, 0.29) is 10.5 Å². The molecule has 0 saturated carbocycles. The normalized spacial score (nSPS) is 14.8. The molecule has 1 heterocycles. The molecule has 0 unspecified atom stereocenters. The van der Waals surface area contributed by atoms with Crippen LogP contribution in [0.4, 0.5) is 0 Å². The number of benzene rings is 1. The Morgan fingerprint density at radius 3 is 2.17 bits per heavy atom. The third kappa shape index (κ3) is 5.87. The van der Waals surface area contributed by atoms with E-state index in [0.29, 0.717) is 30.8 Å². The van der Waals surface area contributed by atoms with Gasteiger partial charge in [-0.1, -0.05) is 27.7 Å².